The van der Waals surface area contributed by atoms with Crippen LogP contribution >= 0.6 is 0 Å². The van der Waals surface area contributed by atoms with Crippen LogP contribution in [-0.2, 0) is 0 Å². The minimum absolute atomic E-state index is 0.120. The number of fused-ring (bicyclic) bond motifs is 1. The summed E-state index contributed by atoms with van der Waals surface area (Å²) in [7, 11) is 0. The van der Waals surface area contributed by atoms with E-state index in [-0.39, 0.29) is 6.04 Å². The van der Waals surface area contributed by atoms with Crippen LogP contribution in [0.4, 0.5) is 5.95 Å². The summed E-state index contributed by atoms with van der Waals surface area (Å²) in [6.45, 7) is 2.71. The Morgan fingerprint density at radius 3 is 2.75 bits per heavy atom. The molecule has 2 aromatic rings. The Hall–Kier alpha value is -1.75. The van der Waals surface area contributed by atoms with Crippen molar-refractivity contribution in [3.8, 4) is 0 Å². The van der Waals surface area contributed by atoms with E-state index in [1.807, 2.05) is 31.2 Å². The lowest BCUT2D eigenvalue weighted by Crippen LogP contribution is -2.28. The molecule has 0 aliphatic carbocycles. The number of benzene rings is 1. The molecule has 1 unspecified atom stereocenters. The van der Waals surface area contributed by atoms with Crippen molar-refractivity contribution in [2.75, 3.05) is 11.9 Å². The van der Waals surface area contributed by atoms with E-state index in [9.17, 15) is 0 Å². The van der Waals surface area contributed by atoms with Crippen molar-refractivity contribution in [1.29, 1.82) is 0 Å². The van der Waals surface area contributed by atoms with E-state index in [0.29, 0.717) is 12.5 Å². The summed E-state index contributed by atoms with van der Waals surface area (Å²) < 4.78 is 0. The van der Waals surface area contributed by atoms with E-state index in [1.54, 1.807) is 0 Å². The fraction of sp³-hybridized carbons (Fsp3) is 0.364. The highest BCUT2D eigenvalue weighted by Crippen LogP contribution is 2.08. The van der Waals surface area contributed by atoms with Gasteiger partial charge in [0.2, 0.25) is 5.95 Å². The van der Waals surface area contributed by atoms with Gasteiger partial charge in [0, 0.05) is 12.6 Å². The number of nitrogens with one attached hydrogen (secondary N) is 1. The number of nitrogens with two attached hydrogens (primary N) is 1. The van der Waals surface area contributed by atoms with Gasteiger partial charge in [-0.25, -0.2) is 4.98 Å². The topological polar surface area (TPSA) is 76.7 Å². The normalized spacial score (nSPS) is 12.6. The molecule has 1 aromatic heterocycles. The lowest BCUT2D eigenvalue weighted by Gasteiger charge is -2.09. The molecule has 1 aromatic carbocycles. The molecule has 0 radical (unpaired) electrons. The molecule has 2 rings (SSSR count). The molecule has 16 heavy (non-hydrogen) atoms. The Morgan fingerprint density at radius 2 is 2.00 bits per heavy atom. The molecule has 0 saturated heterocycles. The molecule has 1 atom stereocenters. The van der Waals surface area contributed by atoms with Crippen LogP contribution in [0.5, 0.6) is 0 Å². The molecule has 3 N–H and O–H groups in total. The Labute approximate surface area is 94.1 Å². The van der Waals surface area contributed by atoms with Crippen LogP contribution in [0.3, 0.4) is 0 Å². The summed E-state index contributed by atoms with van der Waals surface area (Å²) in [6, 6.07) is 7.76. The van der Waals surface area contributed by atoms with Crippen molar-refractivity contribution < 1.29 is 0 Å². The van der Waals surface area contributed by atoms with Gasteiger partial charge in [0.05, 0.1) is 5.52 Å². The Balaban J connectivity index is 2.13. The second-order valence-electron chi connectivity index (χ2n) is 3.67. The summed E-state index contributed by atoms with van der Waals surface area (Å²) in [5.41, 5.74) is 7.43. The van der Waals surface area contributed by atoms with Crippen LogP contribution in [0, 0.1) is 0 Å². The first kappa shape index (κ1) is 10.8. The monoisotopic (exact) mass is 217 g/mol. The van der Waals surface area contributed by atoms with E-state index < -0.39 is 0 Å². The van der Waals surface area contributed by atoms with Gasteiger partial charge in [-0.3, -0.25) is 0 Å². The minimum Gasteiger partial charge on any atom is -0.351 e. The number of aromatic nitrogens is 3. The maximum absolute atomic E-state index is 5.79. The molecule has 0 aliphatic heterocycles. The lowest BCUT2D eigenvalue weighted by atomic mass is 10.2. The van der Waals surface area contributed by atoms with Crippen LogP contribution in [0.15, 0.2) is 24.3 Å². The summed E-state index contributed by atoms with van der Waals surface area (Å²) in [5.74, 6) is 0.530. The molecule has 0 spiro atoms. The molecule has 0 fully saturated rings. The SMILES string of the molecule is CCC(N)CNc1nnc2ccccc2n1. The fourth-order valence-electron chi connectivity index (χ4n) is 1.32. The second-order valence-corrected chi connectivity index (χ2v) is 3.67. The van der Waals surface area contributed by atoms with E-state index >= 15 is 0 Å². The molecule has 5 heteroatoms. The zero-order chi connectivity index (χ0) is 11.4. The van der Waals surface area contributed by atoms with E-state index in [1.165, 1.54) is 0 Å². The molecular weight excluding hydrogens is 202 g/mol. The van der Waals surface area contributed by atoms with Gasteiger partial charge >= 0.3 is 0 Å². The maximum Gasteiger partial charge on any atom is 0.243 e. The number of rotatable bonds is 4. The summed E-state index contributed by atoms with van der Waals surface area (Å²) in [5, 5.41) is 11.1. The molecule has 1 heterocycles. The van der Waals surface area contributed by atoms with Crippen molar-refractivity contribution in [3.63, 3.8) is 0 Å². The van der Waals surface area contributed by atoms with Gasteiger partial charge in [0.25, 0.3) is 0 Å². The van der Waals surface area contributed by atoms with Crippen LogP contribution in [0.1, 0.15) is 13.3 Å². The average Bonchev–Trinajstić information content (AvgIpc) is 2.35. The number of hydrogen-bond donors (Lipinski definition) is 2. The van der Waals surface area contributed by atoms with Crippen molar-refractivity contribution >= 4 is 17.0 Å². The molecule has 0 amide bonds. The standard InChI is InChI=1S/C11H15N5/c1-2-8(12)7-13-11-14-9-5-3-4-6-10(9)15-16-11/h3-6,8H,2,7,12H2,1H3,(H,13,14,16). The second kappa shape index (κ2) is 4.85. The third-order valence-electron chi connectivity index (χ3n) is 2.41. The third-order valence-corrected chi connectivity index (χ3v) is 2.41. The highest BCUT2D eigenvalue weighted by atomic mass is 15.2. The molecule has 0 bridgehead atoms. The first-order valence-corrected chi connectivity index (χ1v) is 5.38. The Bertz CT molecular complexity index is 471. The fourth-order valence-corrected chi connectivity index (χ4v) is 1.32. The molecular formula is C11H15N5. The van der Waals surface area contributed by atoms with Crippen LogP contribution in [0.2, 0.25) is 0 Å². The molecule has 0 aliphatic rings. The van der Waals surface area contributed by atoms with Crippen molar-refractivity contribution in [2.45, 2.75) is 19.4 Å². The largest absolute Gasteiger partial charge is 0.351 e. The lowest BCUT2D eigenvalue weighted by molar-refractivity contribution is 0.675. The first-order chi connectivity index (χ1) is 7.79. The highest BCUT2D eigenvalue weighted by Gasteiger charge is 2.02. The summed E-state index contributed by atoms with van der Waals surface area (Å²) in [4.78, 5) is 4.34. The summed E-state index contributed by atoms with van der Waals surface area (Å²) in [6.07, 6.45) is 0.925. The third kappa shape index (κ3) is 2.43. The average molecular weight is 217 g/mol. The minimum atomic E-state index is 0.120. The van der Waals surface area contributed by atoms with Gasteiger partial charge < -0.3 is 11.1 Å². The van der Waals surface area contributed by atoms with Crippen LogP contribution in [-0.4, -0.2) is 27.8 Å². The predicted molar refractivity (Wildman–Crippen MR) is 64.1 cm³/mol. The van der Waals surface area contributed by atoms with Crippen molar-refractivity contribution in [2.24, 2.45) is 5.73 Å². The van der Waals surface area contributed by atoms with Crippen LogP contribution in [0.25, 0.3) is 11.0 Å². The zero-order valence-corrected chi connectivity index (χ0v) is 9.22. The van der Waals surface area contributed by atoms with Gasteiger partial charge in [0.15, 0.2) is 0 Å². The Kier molecular flexibility index (Phi) is 3.26. The number of nitrogens with zero attached hydrogens (tertiary/aromatic N) is 3. The van der Waals surface area contributed by atoms with Gasteiger partial charge in [0.1, 0.15) is 5.52 Å². The van der Waals surface area contributed by atoms with Crippen molar-refractivity contribution in [3.05, 3.63) is 24.3 Å². The Morgan fingerprint density at radius 1 is 1.25 bits per heavy atom. The van der Waals surface area contributed by atoms with E-state index in [2.05, 4.69) is 20.5 Å². The number of anilines is 1. The highest BCUT2D eigenvalue weighted by molar-refractivity contribution is 5.73. The van der Waals surface area contributed by atoms with Gasteiger partial charge in [-0.2, -0.15) is 0 Å². The summed E-state index contributed by atoms with van der Waals surface area (Å²) >= 11 is 0. The van der Waals surface area contributed by atoms with Gasteiger partial charge in [-0.05, 0) is 18.6 Å². The molecule has 84 valence electrons. The first-order valence-electron chi connectivity index (χ1n) is 5.38. The predicted octanol–water partition coefficient (Wildman–Crippen LogP) is 1.17. The zero-order valence-electron chi connectivity index (χ0n) is 9.22. The van der Waals surface area contributed by atoms with Gasteiger partial charge in [-0.1, -0.05) is 19.1 Å². The number of para-hydroxylation sites is 1. The molecule has 0 saturated carbocycles. The smallest absolute Gasteiger partial charge is 0.243 e. The van der Waals surface area contributed by atoms with E-state index in [4.69, 9.17) is 5.73 Å². The van der Waals surface area contributed by atoms with Crippen LogP contribution < -0.4 is 11.1 Å². The molecule has 5 nitrogen and oxygen atoms in total. The van der Waals surface area contributed by atoms with Gasteiger partial charge in [-0.15, -0.1) is 10.2 Å². The quantitative estimate of drug-likeness (QED) is 0.804. The van der Waals surface area contributed by atoms with E-state index in [0.717, 1.165) is 17.5 Å². The van der Waals surface area contributed by atoms with Crippen molar-refractivity contribution in [1.82, 2.24) is 15.2 Å². The number of hydrogen-bond acceptors (Lipinski definition) is 5. The maximum atomic E-state index is 5.79.